The number of halogens is 4. The van der Waals surface area contributed by atoms with E-state index in [1.54, 1.807) is 6.82 Å². The third-order valence-electron chi connectivity index (χ3n) is 8.71. The number of esters is 1. The first-order valence-corrected chi connectivity index (χ1v) is 28.7. The molecular formula is C46H78BCl4CsN2NaO12PS2. The fraction of sp³-hybridized carbons (Fsp3) is 0.565. The summed E-state index contributed by atoms with van der Waals surface area (Å²) in [6.07, 6.45) is 2.86. The van der Waals surface area contributed by atoms with Crippen molar-refractivity contribution in [1.82, 2.24) is 10.1 Å². The van der Waals surface area contributed by atoms with E-state index < -0.39 is 50.5 Å². The Hall–Kier alpha value is 0.967. The molecule has 0 fully saturated rings. The van der Waals surface area contributed by atoms with Gasteiger partial charge < -0.3 is 40.4 Å². The maximum absolute atomic E-state index is 11.1. The van der Waals surface area contributed by atoms with Gasteiger partial charge in [-0.25, -0.2) is 8.42 Å². The number of hydrogen-bond donors (Lipinski definition) is 3. The number of carboxylic acids is 1. The monoisotopic (exact) mass is 1250 g/mol. The summed E-state index contributed by atoms with van der Waals surface area (Å²) in [7, 11) is -2.52. The van der Waals surface area contributed by atoms with Crippen LogP contribution in [0.15, 0.2) is 91.0 Å². The molecule has 3 rings (SSSR count). The Balaban J connectivity index is -0.000000145. The van der Waals surface area contributed by atoms with Crippen LogP contribution in [-0.4, -0.2) is 138 Å². The Morgan fingerprint density at radius 3 is 1.33 bits per heavy atom. The summed E-state index contributed by atoms with van der Waals surface area (Å²) in [5.41, 5.74) is 3.48. The number of carbonyl (C=O) groups excluding carboxylic acids is 2. The average molecular weight is 1260 g/mol. The van der Waals surface area contributed by atoms with Crippen molar-refractivity contribution in [3.8, 4) is 0 Å². The Bertz CT molecular complexity index is 1870. The normalized spacial score (nSPS) is 13.0. The molecule has 24 heteroatoms. The van der Waals surface area contributed by atoms with E-state index in [-0.39, 0.29) is 140 Å². The second-order valence-corrected chi connectivity index (χ2v) is 20.4. The fourth-order valence-corrected chi connectivity index (χ4v) is 7.20. The molecule has 3 aromatic rings. The van der Waals surface area contributed by atoms with Gasteiger partial charge in [-0.3, -0.25) is 8.98 Å². The predicted octanol–water partition coefficient (Wildman–Crippen LogP) is 0.993. The van der Waals surface area contributed by atoms with Crippen LogP contribution in [0.3, 0.4) is 0 Å². The molecular weight excluding hydrogens is 1180 g/mol. The number of rotatable bonds is 20. The zero-order valence-corrected chi connectivity index (χ0v) is 57.3. The molecule has 0 spiro atoms. The van der Waals surface area contributed by atoms with Gasteiger partial charge in [0.2, 0.25) is 9.05 Å². The number of nitrogens with zero attached hydrogens (tertiary/aromatic N) is 1. The second-order valence-electron chi connectivity index (χ2n) is 14.8. The molecule has 3 aromatic carbocycles. The molecule has 14 nitrogen and oxygen atoms in total. The van der Waals surface area contributed by atoms with Gasteiger partial charge in [-0.2, -0.15) is 8.42 Å². The van der Waals surface area contributed by atoms with Crippen molar-refractivity contribution in [3.05, 3.63) is 108 Å². The number of nitrogens with one attached hydrogen (secondary N) is 1. The van der Waals surface area contributed by atoms with Crippen molar-refractivity contribution < 1.29 is 155 Å². The van der Waals surface area contributed by atoms with Gasteiger partial charge in [0.05, 0.1) is 37.8 Å². The molecule has 0 radical (unpaired) electrons. The maximum Gasteiger partial charge on any atom is 1.00 e. The number of alkyl halides is 3. The molecule has 0 saturated carbocycles. The number of carboxylic acid groups (broad SMARTS) is 1. The third-order valence-corrected chi connectivity index (χ3v) is 10.2. The summed E-state index contributed by atoms with van der Waals surface area (Å²) in [6, 6.07) is 29.5. The van der Waals surface area contributed by atoms with Gasteiger partial charge >= 0.3 is 111 Å². The van der Waals surface area contributed by atoms with Crippen molar-refractivity contribution in [3.63, 3.8) is 0 Å². The van der Waals surface area contributed by atoms with Crippen molar-refractivity contribution in [2.24, 2.45) is 11.8 Å². The topological polar surface area (TPSA) is 230 Å². The van der Waals surface area contributed by atoms with Gasteiger partial charge in [-0.15, -0.1) is 44.0 Å². The Morgan fingerprint density at radius 2 is 1.09 bits per heavy atom. The average Bonchev–Trinajstić information content (AvgIpc) is 3.25. The van der Waals surface area contributed by atoms with E-state index in [2.05, 4.69) is 53.7 Å². The summed E-state index contributed by atoms with van der Waals surface area (Å²) in [4.78, 5) is 22.3. The van der Waals surface area contributed by atoms with Gasteiger partial charge in [-0.1, -0.05) is 132 Å². The largest absolute Gasteiger partial charge is 1.00 e. The van der Waals surface area contributed by atoms with Crippen LogP contribution in [0.4, 0.5) is 0 Å². The minimum absolute atomic E-state index is 0. The van der Waals surface area contributed by atoms with Gasteiger partial charge in [0.1, 0.15) is 6.10 Å². The van der Waals surface area contributed by atoms with Crippen molar-refractivity contribution >= 4 is 92.8 Å². The van der Waals surface area contributed by atoms with Gasteiger partial charge in [0, 0.05) is 35.5 Å². The molecule has 4 N–H and O–H groups in total. The smallest absolute Gasteiger partial charge is 0.870 e. The number of aliphatic hydroxyl groups is 1. The van der Waals surface area contributed by atoms with Crippen LogP contribution >= 0.6 is 54.7 Å². The molecule has 0 aliphatic carbocycles. The number of ether oxygens (including phenoxy) is 1. The first-order chi connectivity index (χ1) is 31.7. The summed E-state index contributed by atoms with van der Waals surface area (Å²) in [6.45, 7) is 19.8. The standard InChI is InChI=1S/C13H19BClNO3.C12H17ClO3S.C11H15ClO.C6H15N.C2H4O2.CH3ClO2S.CH5P.Cs.Na.H2O/c1-10(17)19-13(9-15)12(16-14(2)18)8-11-6-4-3-5-7-11;1-10(8-11-6-4-3-5-7-11)12(9-13)16-17(2,14)15;1-9(11(13)8-12)7-10-5-3-2-4-6-10;1-4-7(5-2)6-3;1-2(3)4;1-5(2,3)4;1-2;;;/h3-7,12-13,16,18H,8-9H2,1-2H3;3-7,10,12H,8-9H2,1-2H3;2-6,9,11,13H,7-8H2,1H3;4-6H2,1-3H3;1H3,(H,3,4);1H3;2H2,1H3;;;1H2/q;;;;;;;2*+1;/p-2/t12-,13-;10-,12+;9-,11+;;;;;;;/m000......./s1/i;;;;;;2T;;;. The molecule has 0 aliphatic rings. The van der Waals surface area contributed by atoms with Crippen LogP contribution in [0.2, 0.25) is 6.82 Å². The third kappa shape index (κ3) is 58.2. The van der Waals surface area contributed by atoms with E-state index in [0.29, 0.717) is 21.5 Å². The Labute approximate surface area is 526 Å². The number of hydrogen-bond acceptors (Lipinski definition) is 14. The Morgan fingerprint density at radius 1 is 0.771 bits per heavy atom. The molecule has 70 heavy (non-hydrogen) atoms. The van der Waals surface area contributed by atoms with Crippen molar-refractivity contribution in [2.75, 3.05) is 56.5 Å². The van der Waals surface area contributed by atoms with Crippen LogP contribution in [0.5, 0.6) is 0 Å². The second kappa shape index (κ2) is 53.4. The molecule has 0 aliphatic heterocycles. The molecule has 394 valence electrons. The molecule has 0 bridgehead atoms. The first kappa shape index (κ1) is 82.3. The summed E-state index contributed by atoms with van der Waals surface area (Å²) in [5.74, 6) is -0.535. The van der Waals surface area contributed by atoms with E-state index in [4.69, 9.17) is 54.9 Å². The minimum atomic E-state index is -3.46. The molecule has 0 amide bonds. The van der Waals surface area contributed by atoms with E-state index in [9.17, 15) is 31.8 Å². The molecule has 0 saturated heterocycles. The Kier molecular flexibility index (Phi) is 62.8. The van der Waals surface area contributed by atoms with Crippen LogP contribution in [0.1, 0.15) is 65.2 Å². The van der Waals surface area contributed by atoms with Crippen LogP contribution < -0.4 is 109 Å². The van der Waals surface area contributed by atoms with E-state index >= 15 is 0 Å². The molecule has 0 aromatic heterocycles. The summed E-state index contributed by atoms with van der Waals surface area (Å²) < 4.78 is 57.3. The number of benzene rings is 3. The summed E-state index contributed by atoms with van der Waals surface area (Å²) in [5, 5.41) is 30.8. The summed E-state index contributed by atoms with van der Waals surface area (Å²) >= 11 is 17.2. The quantitative estimate of drug-likeness (QED) is 0.0358. The van der Waals surface area contributed by atoms with Crippen LogP contribution in [0, 0.1) is 11.8 Å². The van der Waals surface area contributed by atoms with Crippen molar-refractivity contribution in [2.45, 2.75) is 98.9 Å². The van der Waals surface area contributed by atoms with Gasteiger partial charge in [-0.05, 0) is 81.2 Å². The predicted molar refractivity (Wildman–Crippen MR) is 285 cm³/mol. The van der Waals surface area contributed by atoms with E-state index in [1.807, 2.05) is 99.4 Å². The SMILES string of the molecule is CB(O)N[C@@H](Cc1ccccc1)[C@H](CCl)OC(C)=O.CC(=O)[O-].CCN(CC)CC.CS(=O)(=O)Cl.C[C@@H](Cc1ccccc1)[C@@H](CCl)OS(C)(=O)=O.C[C@@H](Cc1ccccc1)[C@H](O)CCl.[3H]PC.[Cs+].[Na+].[OH-]. The maximum atomic E-state index is 11.1. The first-order valence-electron chi connectivity index (χ1n) is 22.0. The van der Waals surface area contributed by atoms with Crippen LogP contribution in [0.25, 0.3) is 0 Å². The molecule has 1 unspecified atom stereocenters. The van der Waals surface area contributed by atoms with E-state index in [1.165, 1.54) is 32.1 Å². The van der Waals surface area contributed by atoms with Gasteiger partial charge in [0.15, 0.2) is 0 Å². The zero-order valence-electron chi connectivity index (χ0n) is 44.4. The zero-order chi connectivity index (χ0) is 53.3. The minimum Gasteiger partial charge on any atom is -0.870 e. The van der Waals surface area contributed by atoms with Crippen LogP contribution in [-0.2, 0) is 56.9 Å². The van der Waals surface area contributed by atoms with Gasteiger partial charge in [0.25, 0.3) is 10.1 Å². The fourth-order valence-electron chi connectivity index (χ4n) is 5.47. The number of aliphatic carboxylic acids is 1. The van der Waals surface area contributed by atoms with Crippen molar-refractivity contribution in [1.29, 1.82) is 1.28 Å². The molecule has 0 heterocycles. The molecule has 7 atom stereocenters. The van der Waals surface area contributed by atoms with E-state index in [0.717, 1.165) is 43.4 Å². The number of aliphatic hydroxyl groups excluding tert-OH is 1. The number of carbonyl (C=O) groups is 2.